The molecule has 0 saturated heterocycles. The third-order valence-corrected chi connectivity index (χ3v) is 2.67. The first-order valence-electron chi connectivity index (χ1n) is 6.32. The number of primary amides is 1. The van der Waals surface area contributed by atoms with E-state index < -0.39 is 0 Å². The summed E-state index contributed by atoms with van der Waals surface area (Å²) in [5.41, 5.74) is 6.41. The van der Waals surface area contributed by atoms with Crippen molar-refractivity contribution in [2.45, 2.75) is 19.9 Å². The van der Waals surface area contributed by atoms with Crippen LogP contribution >= 0.6 is 0 Å². The minimum absolute atomic E-state index is 0.206. The van der Waals surface area contributed by atoms with Crippen molar-refractivity contribution in [2.75, 3.05) is 19.8 Å². The molecule has 0 saturated carbocycles. The Hall–Kier alpha value is -1.39. The molecule has 4 nitrogen and oxygen atoms in total. The Kier molecular flexibility index (Phi) is 7.06. The highest BCUT2D eigenvalue weighted by Crippen LogP contribution is 1.97. The zero-order valence-electron chi connectivity index (χ0n) is 10.9. The normalized spacial score (nSPS) is 12.3. The Morgan fingerprint density at radius 1 is 1.39 bits per heavy atom. The Balaban J connectivity index is 1.95. The van der Waals surface area contributed by atoms with Crippen molar-refractivity contribution < 1.29 is 9.53 Å². The average molecular weight is 250 g/mol. The molecule has 0 aliphatic rings. The van der Waals surface area contributed by atoms with Crippen molar-refractivity contribution in [1.82, 2.24) is 5.32 Å². The number of nitrogens with one attached hydrogen (secondary N) is 1. The maximum Gasteiger partial charge on any atom is 0.222 e. The van der Waals surface area contributed by atoms with Gasteiger partial charge in [0.05, 0.1) is 12.5 Å². The van der Waals surface area contributed by atoms with E-state index in [1.165, 1.54) is 5.56 Å². The summed E-state index contributed by atoms with van der Waals surface area (Å²) in [6.45, 7) is 4.61. The fourth-order valence-corrected chi connectivity index (χ4v) is 1.47. The van der Waals surface area contributed by atoms with Crippen LogP contribution in [0.4, 0.5) is 0 Å². The lowest BCUT2D eigenvalue weighted by molar-refractivity contribution is -0.123. The van der Waals surface area contributed by atoms with E-state index in [0.717, 1.165) is 19.5 Å². The molecule has 0 spiro atoms. The van der Waals surface area contributed by atoms with E-state index in [-0.39, 0.29) is 11.8 Å². The lowest BCUT2D eigenvalue weighted by Gasteiger charge is -2.08. The SMILES string of the molecule is CC(COCCCNCc1ccccc1)C(N)=O. The largest absolute Gasteiger partial charge is 0.381 e. The van der Waals surface area contributed by atoms with E-state index in [4.69, 9.17) is 10.5 Å². The highest BCUT2D eigenvalue weighted by Gasteiger charge is 2.07. The zero-order chi connectivity index (χ0) is 13.2. The number of hydrogen-bond acceptors (Lipinski definition) is 3. The van der Waals surface area contributed by atoms with Gasteiger partial charge in [-0.05, 0) is 18.5 Å². The Morgan fingerprint density at radius 3 is 2.78 bits per heavy atom. The molecule has 0 radical (unpaired) electrons. The summed E-state index contributed by atoms with van der Waals surface area (Å²) in [5, 5.41) is 3.34. The van der Waals surface area contributed by atoms with Crippen LogP contribution < -0.4 is 11.1 Å². The van der Waals surface area contributed by atoms with Gasteiger partial charge in [-0.3, -0.25) is 4.79 Å². The van der Waals surface area contributed by atoms with Crippen LogP contribution in [0.3, 0.4) is 0 Å². The molecule has 1 atom stereocenters. The quantitative estimate of drug-likeness (QED) is 0.649. The van der Waals surface area contributed by atoms with E-state index in [9.17, 15) is 4.79 Å². The number of rotatable bonds is 9. The fourth-order valence-electron chi connectivity index (χ4n) is 1.47. The van der Waals surface area contributed by atoms with Gasteiger partial charge in [-0.15, -0.1) is 0 Å². The molecule has 0 aliphatic carbocycles. The standard InChI is InChI=1S/C14H22N2O2/c1-12(14(15)17)11-18-9-5-8-16-10-13-6-3-2-4-7-13/h2-4,6-7,12,16H,5,8-11H2,1H3,(H2,15,17). The Bertz CT molecular complexity index is 341. The topological polar surface area (TPSA) is 64.3 Å². The second-order valence-electron chi connectivity index (χ2n) is 4.39. The number of ether oxygens (including phenoxy) is 1. The van der Waals surface area contributed by atoms with Gasteiger partial charge in [0, 0.05) is 13.2 Å². The molecule has 1 aromatic carbocycles. The van der Waals surface area contributed by atoms with Crippen molar-refractivity contribution in [3.8, 4) is 0 Å². The highest BCUT2D eigenvalue weighted by atomic mass is 16.5. The van der Waals surface area contributed by atoms with Gasteiger partial charge in [0.1, 0.15) is 0 Å². The molecule has 3 N–H and O–H groups in total. The van der Waals surface area contributed by atoms with Crippen LogP contribution in [0.2, 0.25) is 0 Å². The third-order valence-electron chi connectivity index (χ3n) is 2.67. The van der Waals surface area contributed by atoms with Crippen LogP contribution in [0.15, 0.2) is 30.3 Å². The number of nitrogens with two attached hydrogens (primary N) is 1. The molecule has 4 heteroatoms. The first-order valence-corrected chi connectivity index (χ1v) is 6.32. The van der Waals surface area contributed by atoms with Crippen LogP contribution in [0.25, 0.3) is 0 Å². The van der Waals surface area contributed by atoms with E-state index in [0.29, 0.717) is 13.2 Å². The van der Waals surface area contributed by atoms with Crippen molar-refractivity contribution in [2.24, 2.45) is 11.7 Å². The molecule has 100 valence electrons. The highest BCUT2D eigenvalue weighted by molar-refractivity contribution is 5.76. The molecule has 1 aromatic rings. The zero-order valence-corrected chi connectivity index (χ0v) is 10.9. The van der Waals surface area contributed by atoms with Crippen LogP contribution in [0, 0.1) is 5.92 Å². The second-order valence-corrected chi connectivity index (χ2v) is 4.39. The molecule has 18 heavy (non-hydrogen) atoms. The first kappa shape index (κ1) is 14.7. The van der Waals surface area contributed by atoms with Crippen molar-refractivity contribution in [1.29, 1.82) is 0 Å². The minimum Gasteiger partial charge on any atom is -0.381 e. The van der Waals surface area contributed by atoms with Crippen molar-refractivity contribution >= 4 is 5.91 Å². The lowest BCUT2D eigenvalue weighted by atomic mass is 10.2. The molecule has 0 bridgehead atoms. The summed E-state index contributed by atoms with van der Waals surface area (Å²) in [6, 6.07) is 10.3. The average Bonchev–Trinajstić information content (AvgIpc) is 2.38. The smallest absolute Gasteiger partial charge is 0.222 e. The maximum atomic E-state index is 10.8. The van der Waals surface area contributed by atoms with E-state index >= 15 is 0 Å². The molecule has 0 aliphatic heterocycles. The molecular formula is C14H22N2O2. The van der Waals surface area contributed by atoms with E-state index in [1.807, 2.05) is 18.2 Å². The number of amides is 1. The lowest BCUT2D eigenvalue weighted by Crippen LogP contribution is -2.25. The van der Waals surface area contributed by atoms with Gasteiger partial charge in [0.2, 0.25) is 5.91 Å². The summed E-state index contributed by atoms with van der Waals surface area (Å²) in [5.74, 6) is -0.514. The number of carbonyl (C=O) groups excluding carboxylic acids is 1. The van der Waals surface area contributed by atoms with Crippen LogP contribution in [-0.2, 0) is 16.1 Å². The van der Waals surface area contributed by atoms with Crippen LogP contribution in [0.1, 0.15) is 18.9 Å². The van der Waals surface area contributed by atoms with Gasteiger partial charge in [-0.1, -0.05) is 37.3 Å². The number of benzene rings is 1. The summed E-state index contributed by atoms with van der Waals surface area (Å²) >= 11 is 0. The molecule has 0 fully saturated rings. The summed E-state index contributed by atoms with van der Waals surface area (Å²) in [7, 11) is 0. The van der Waals surface area contributed by atoms with E-state index in [1.54, 1.807) is 6.92 Å². The summed E-state index contributed by atoms with van der Waals surface area (Å²) in [4.78, 5) is 10.8. The van der Waals surface area contributed by atoms with Gasteiger partial charge in [-0.25, -0.2) is 0 Å². The summed E-state index contributed by atoms with van der Waals surface area (Å²) < 4.78 is 5.37. The first-order chi connectivity index (χ1) is 8.70. The van der Waals surface area contributed by atoms with Crippen molar-refractivity contribution in [3.05, 3.63) is 35.9 Å². The Morgan fingerprint density at radius 2 is 2.11 bits per heavy atom. The van der Waals surface area contributed by atoms with Gasteiger partial charge in [0.15, 0.2) is 0 Å². The van der Waals surface area contributed by atoms with Gasteiger partial charge >= 0.3 is 0 Å². The fraction of sp³-hybridized carbons (Fsp3) is 0.500. The second kappa shape index (κ2) is 8.66. The molecule has 1 amide bonds. The summed E-state index contributed by atoms with van der Waals surface area (Å²) in [6.07, 6.45) is 0.929. The predicted molar refractivity (Wildman–Crippen MR) is 71.9 cm³/mol. The third kappa shape index (κ3) is 6.37. The Labute approximate surface area is 109 Å². The maximum absolute atomic E-state index is 10.8. The predicted octanol–water partition coefficient (Wildman–Crippen LogP) is 1.30. The van der Waals surface area contributed by atoms with Gasteiger partial charge in [0.25, 0.3) is 0 Å². The number of carbonyl (C=O) groups is 1. The van der Waals surface area contributed by atoms with Crippen molar-refractivity contribution in [3.63, 3.8) is 0 Å². The van der Waals surface area contributed by atoms with E-state index in [2.05, 4.69) is 17.4 Å². The molecule has 0 aromatic heterocycles. The molecule has 0 heterocycles. The number of hydrogen-bond donors (Lipinski definition) is 2. The monoisotopic (exact) mass is 250 g/mol. The van der Waals surface area contributed by atoms with Gasteiger partial charge in [-0.2, -0.15) is 0 Å². The van der Waals surface area contributed by atoms with Crippen LogP contribution in [-0.4, -0.2) is 25.7 Å². The minimum atomic E-state index is -0.308. The van der Waals surface area contributed by atoms with Crippen LogP contribution in [0.5, 0.6) is 0 Å². The molecule has 1 unspecified atom stereocenters. The molecule has 1 rings (SSSR count). The van der Waals surface area contributed by atoms with Gasteiger partial charge < -0.3 is 15.8 Å². The molecular weight excluding hydrogens is 228 g/mol.